The van der Waals surface area contributed by atoms with Gasteiger partial charge in [-0.3, -0.25) is 0 Å². The Morgan fingerprint density at radius 1 is 1.45 bits per heavy atom. The molecule has 1 aliphatic rings. The topological polar surface area (TPSA) is 98.5 Å². The van der Waals surface area contributed by atoms with Crippen molar-refractivity contribution in [2.75, 3.05) is 7.11 Å². The van der Waals surface area contributed by atoms with Crippen LogP contribution < -0.4 is 10.5 Å². The molecule has 6 nitrogen and oxygen atoms in total. The molecule has 1 saturated carbocycles. The molecule has 2 unspecified atom stereocenters. The van der Waals surface area contributed by atoms with Gasteiger partial charge in [-0.05, 0) is 37.1 Å². The molecule has 1 aromatic heterocycles. The predicted octanol–water partition coefficient (Wildman–Crippen LogP) is 1.81. The average molecular weight is 369 g/mol. The van der Waals surface area contributed by atoms with Crippen LogP contribution in [-0.4, -0.2) is 33.6 Å². The maximum absolute atomic E-state index is 12.6. The minimum Gasteiger partial charge on any atom is -0.465 e. The molecule has 2 rings (SSSR count). The third-order valence-electron chi connectivity index (χ3n) is 3.59. The molecule has 0 saturated heterocycles. The quantitative estimate of drug-likeness (QED) is 0.790. The monoisotopic (exact) mass is 368 g/mol. The minimum atomic E-state index is -3.75. The van der Waals surface area contributed by atoms with Crippen LogP contribution in [0.1, 0.15) is 40.9 Å². The number of rotatable bonds is 4. The third-order valence-corrected chi connectivity index (χ3v) is 6.51. The molecule has 22 heavy (non-hydrogen) atoms. The van der Waals surface area contributed by atoms with E-state index < -0.39 is 16.0 Å². The van der Waals surface area contributed by atoms with Gasteiger partial charge in [-0.15, -0.1) is 23.7 Å². The number of methoxy groups -OCH3 is 1. The molecule has 0 aliphatic heterocycles. The number of nitrogens with two attached hydrogens (primary N) is 1. The number of hydrogen-bond acceptors (Lipinski definition) is 6. The number of sulfonamides is 1. The Balaban J connectivity index is 0.00000242. The van der Waals surface area contributed by atoms with Crippen LogP contribution >= 0.6 is 23.7 Å². The molecule has 3 N–H and O–H groups in total. The molecule has 1 fully saturated rings. The molecule has 0 bridgehead atoms. The summed E-state index contributed by atoms with van der Waals surface area (Å²) in [5.41, 5.74) is 6.43. The molecule has 126 valence electrons. The van der Waals surface area contributed by atoms with Gasteiger partial charge in [0.15, 0.2) is 0 Å². The number of carbonyl (C=O) groups is 1. The van der Waals surface area contributed by atoms with Gasteiger partial charge < -0.3 is 10.5 Å². The van der Waals surface area contributed by atoms with Gasteiger partial charge in [-0.2, -0.15) is 0 Å². The molecular weight excluding hydrogens is 348 g/mol. The molecule has 0 aromatic carbocycles. The maximum atomic E-state index is 12.6. The van der Waals surface area contributed by atoms with E-state index in [1.807, 2.05) is 0 Å². The van der Waals surface area contributed by atoms with Gasteiger partial charge in [-0.25, -0.2) is 17.9 Å². The van der Waals surface area contributed by atoms with E-state index in [2.05, 4.69) is 9.46 Å². The van der Waals surface area contributed by atoms with Crippen molar-refractivity contribution in [1.82, 2.24) is 4.72 Å². The highest BCUT2D eigenvalue weighted by molar-refractivity contribution is 7.89. The number of hydrogen-bond donors (Lipinski definition) is 2. The van der Waals surface area contributed by atoms with Crippen molar-refractivity contribution in [2.45, 2.75) is 49.6 Å². The van der Waals surface area contributed by atoms with Crippen LogP contribution in [0.15, 0.2) is 10.3 Å². The second-order valence-electron chi connectivity index (χ2n) is 5.31. The van der Waals surface area contributed by atoms with Gasteiger partial charge in [0.25, 0.3) is 0 Å². The summed E-state index contributed by atoms with van der Waals surface area (Å²) >= 11 is 1.08. The van der Waals surface area contributed by atoms with Crippen LogP contribution in [0.4, 0.5) is 0 Å². The van der Waals surface area contributed by atoms with Crippen LogP contribution in [0, 0.1) is 6.92 Å². The highest BCUT2D eigenvalue weighted by atomic mass is 35.5. The Morgan fingerprint density at radius 2 is 2.14 bits per heavy atom. The zero-order valence-electron chi connectivity index (χ0n) is 12.5. The molecule has 1 aromatic rings. The predicted molar refractivity (Wildman–Crippen MR) is 88.2 cm³/mol. The lowest BCUT2D eigenvalue weighted by Crippen LogP contribution is -2.42. The average Bonchev–Trinajstić information content (AvgIpc) is 2.80. The molecule has 0 radical (unpaired) electrons. The number of carbonyl (C=O) groups excluding carboxylic acids is 1. The molecule has 1 heterocycles. The van der Waals surface area contributed by atoms with Crippen molar-refractivity contribution < 1.29 is 17.9 Å². The van der Waals surface area contributed by atoms with Crippen LogP contribution in [-0.2, 0) is 14.8 Å². The largest absolute Gasteiger partial charge is 0.465 e. The van der Waals surface area contributed by atoms with Gasteiger partial charge in [0.1, 0.15) is 9.77 Å². The van der Waals surface area contributed by atoms with E-state index in [9.17, 15) is 13.2 Å². The van der Waals surface area contributed by atoms with Gasteiger partial charge in [-0.1, -0.05) is 6.42 Å². The lowest BCUT2D eigenvalue weighted by Gasteiger charge is -2.27. The zero-order valence-corrected chi connectivity index (χ0v) is 14.9. The molecule has 0 spiro atoms. The number of halogens is 1. The fourth-order valence-corrected chi connectivity index (χ4v) is 5.60. The zero-order chi connectivity index (χ0) is 15.6. The number of esters is 1. The number of thiophene rings is 1. The van der Waals surface area contributed by atoms with Crippen molar-refractivity contribution >= 4 is 39.7 Å². The minimum absolute atomic E-state index is 0. The second kappa shape index (κ2) is 7.74. The van der Waals surface area contributed by atoms with Gasteiger partial charge in [0.05, 0.1) is 7.11 Å². The number of aryl methyl sites for hydroxylation is 1. The molecule has 2 atom stereocenters. The van der Waals surface area contributed by atoms with Crippen molar-refractivity contribution in [2.24, 2.45) is 5.73 Å². The Bertz CT molecular complexity index is 630. The van der Waals surface area contributed by atoms with Crippen molar-refractivity contribution in [3.63, 3.8) is 0 Å². The maximum Gasteiger partial charge on any atom is 0.349 e. The van der Waals surface area contributed by atoms with E-state index in [0.29, 0.717) is 12.0 Å². The van der Waals surface area contributed by atoms with Gasteiger partial charge in [0.2, 0.25) is 10.0 Å². The summed E-state index contributed by atoms with van der Waals surface area (Å²) in [6, 6.07) is -0.154. The lowest BCUT2D eigenvalue weighted by atomic mass is 9.92. The summed E-state index contributed by atoms with van der Waals surface area (Å²) in [5, 5.41) is 1.65. The van der Waals surface area contributed by atoms with Crippen LogP contribution in [0.5, 0.6) is 0 Å². The van der Waals surface area contributed by atoms with Crippen molar-refractivity contribution in [3.05, 3.63) is 15.8 Å². The van der Waals surface area contributed by atoms with Gasteiger partial charge >= 0.3 is 5.97 Å². The Kier molecular flexibility index (Phi) is 6.82. The summed E-state index contributed by atoms with van der Waals surface area (Å²) in [7, 11) is -2.51. The number of ether oxygens (including phenoxy) is 1. The van der Waals surface area contributed by atoms with E-state index in [4.69, 9.17) is 5.73 Å². The molecule has 1 aliphatic carbocycles. The summed E-state index contributed by atoms with van der Waals surface area (Å²) in [4.78, 5) is 11.9. The summed E-state index contributed by atoms with van der Waals surface area (Å²) in [6.45, 7) is 1.67. The highest BCUT2D eigenvalue weighted by Gasteiger charge is 2.31. The Labute approximate surface area is 140 Å². The van der Waals surface area contributed by atoms with E-state index in [-0.39, 0.29) is 34.3 Å². The standard InChI is InChI=1S/C13H20N2O4S2.ClH/c1-8-7-20-11(13(16)19-2)12(8)21(17,18)15-10-5-3-4-9(14)6-10;/h7,9-10,15H,3-6,14H2,1-2H3;1H. The van der Waals surface area contributed by atoms with Crippen molar-refractivity contribution in [3.8, 4) is 0 Å². The second-order valence-corrected chi connectivity index (χ2v) is 7.84. The normalized spacial score (nSPS) is 22.0. The highest BCUT2D eigenvalue weighted by Crippen LogP contribution is 2.28. The molecule has 0 amide bonds. The van der Waals surface area contributed by atoms with Crippen LogP contribution in [0.25, 0.3) is 0 Å². The van der Waals surface area contributed by atoms with E-state index in [1.54, 1.807) is 12.3 Å². The molecular formula is C13H21ClN2O4S2. The lowest BCUT2D eigenvalue weighted by molar-refractivity contribution is 0.0602. The van der Waals surface area contributed by atoms with Gasteiger partial charge in [0, 0.05) is 12.1 Å². The van der Waals surface area contributed by atoms with Crippen LogP contribution in [0.2, 0.25) is 0 Å². The van der Waals surface area contributed by atoms with Crippen LogP contribution in [0.3, 0.4) is 0 Å². The summed E-state index contributed by atoms with van der Waals surface area (Å²) in [5.74, 6) is -0.631. The third kappa shape index (κ3) is 4.20. The van der Waals surface area contributed by atoms with Crippen molar-refractivity contribution in [1.29, 1.82) is 0 Å². The Morgan fingerprint density at radius 3 is 2.73 bits per heavy atom. The first-order valence-corrected chi connectivity index (χ1v) is 9.15. The number of nitrogens with one attached hydrogen (secondary N) is 1. The first-order valence-electron chi connectivity index (χ1n) is 6.79. The molecule has 9 heteroatoms. The van der Waals surface area contributed by atoms with E-state index >= 15 is 0 Å². The fraction of sp³-hybridized carbons (Fsp3) is 0.615. The SMILES string of the molecule is COC(=O)c1scc(C)c1S(=O)(=O)NC1CCCC(N)C1.Cl. The summed E-state index contributed by atoms with van der Waals surface area (Å²) < 4.78 is 32.5. The Hall–Kier alpha value is -0.670. The first-order chi connectivity index (χ1) is 9.85. The van der Waals surface area contributed by atoms with E-state index in [0.717, 1.165) is 30.6 Å². The smallest absolute Gasteiger partial charge is 0.349 e. The van der Waals surface area contributed by atoms with E-state index in [1.165, 1.54) is 7.11 Å². The summed E-state index contributed by atoms with van der Waals surface area (Å²) in [6.07, 6.45) is 3.21. The fourth-order valence-electron chi connectivity index (χ4n) is 2.61. The first kappa shape index (κ1) is 19.4.